The zero-order valence-corrected chi connectivity index (χ0v) is 11.3. The van der Waals surface area contributed by atoms with Crippen molar-refractivity contribution in [3.8, 4) is 0 Å². The van der Waals surface area contributed by atoms with Gasteiger partial charge < -0.3 is 4.90 Å². The summed E-state index contributed by atoms with van der Waals surface area (Å²) in [5.74, 6) is 1.11. The summed E-state index contributed by atoms with van der Waals surface area (Å²) in [4.78, 5) is 18.8. The number of carbonyl (C=O) groups excluding carboxylic acids is 1. The highest BCUT2D eigenvalue weighted by molar-refractivity contribution is 6.18. The Hall–Kier alpha value is -1.61. The highest BCUT2D eigenvalue weighted by atomic mass is 35.5. The fourth-order valence-corrected chi connectivity index (χ4v) is 2.84. The number of likely N-dealkylation sites (tertiary alicyclic amines) is 1. The zero-order valence-electron chi connectivity index (χ0n) is 10.6. The molecule has 1 amide bonds. The molecule has 1 aromatic carbocycles. The maximum absolute atomic E-state index is 12.6. The third-order valence-electron chi connectivity index (χ3n) is 3.65. The lowest BCUT2D eigenvalue weighted by Crippen LogP contribution is -2.29. The number of halogens is 1. The van der Waals surface area contributed by atoms with Gasteiger partial charge in [0, 0.05) is 30.6 Å². The number of pyridine rings is 1. The van der Waals surface area contributed by atoms with Crippen LogP contribution >= 0.6 is 11.6 Å². The Kier molecular flexibility index (Phi) is 3.38. The first-order valence-corrected chi connectivity index (χ1v) is 7.02. The number of hydrogen-bond acceptors (Lipinski definition) is 2. The second-order valence-electron chi connectivity index (χ2n) is 4.94. The smallest absolute Gasteiger partial charge is 0.256 e. The van der Waals surface area contributed by atoms with E-state index >= 15 is 0 Å². The van der Waals surface area contributed by atoms with Crippen LogP contribution in [0.25, 0.3) is 10.9 Å². The van der Waals surface area contributed by atoms with Crippen LogP contribution < -0.4 is 0 Å². The van der Waals surface area contributed by atoms with Crippen molar-refractivity contribution >= 4 is 28.4 Å². The van der Waals surface area contributed by atoms with Gasteiger partial charge in [0.15, 0.2) is 0 Å². The van der Waals surface area contributed by atoms with Crippen molar-refractivity contribution in [2.45, 2.75) is 6.42 Å². The molecule has 19 heavy (non-hydrogen) atoms. The lowest BCUT2D eigenvalue weighted by molar-refractivity contribution is 0.0790. The second-order valence-corrected chi connectivity index (χ2v) is 5.25. The lowest BCUT2D eigenvalue weighted by atomic mass is 10.1. The Morgan fingerprint density at radius 3 is 3.00 bits per heavy atom. The van der Waals surface area contributed by atoms with Gasteiger partial charge in [0.1, 0.15) is 0 Å². The SMILES string of the molecule is O=C(c1cccc2cccnc12)N1CCC(CCl)C1. The third-order valence-corrected chi connectivity index (χ3v) is 4.09. The molecule has 2 heterocycles. The number of para-hydroxylation sites is 1. The molecule has 1 unspecified atom stereocenters. The van der Waals surface area contributed by atoms with Gasteiger partial charge in [-0.25, -0.2) is 0 Å². The van der Waals surface area contributed by atoms with Crippen LogP contribution in [0.3, 0.4) is 0 Å². The number of alkyl halides is 1. The minimum Gasteiger partial charge on any atom is -0.338 e. The molecular weight excluding hydrogens is 260 g/mol. The number of amides is 1. The predicted molar refractivity (Wildman–Crippen MR) is 76.5 cm³/mol. The number of rotatable bonds is 2. The van der Waals surface area contributed by atoms with Crippen LogP contribution in [0.4, 0.5) is 0 Å². The Morgan fingerprint density at radius 2 is 2.21 bits per heavy atom. The highest BCUT2D eigenvalue weighted by Crippen LogP contribution is 2.23. The summed E-state index contributed by atoms with van der Waals surface area (Å²) < 4.78 is 0. The van der Waals surface area contributed by atoms with Gasteiger partial charge in [-0.05, 0) is 24.5 Å². The first-order chi connectivity index (χ1) is 9.29. The number of aromatic nitrogens is 1. The van der Waals surface area contributed by atoms with Crippen molar-refractivity contribution in [3.05, 3.63) is 42.1 Å². The first-order valence-electron chi connectivity index (χ1n) is 6.48. The van der Waals surface area contributed by atoms with Crippen molar-refractivity contribution in [3.63, 3.8) is 0 Å². The van der Waals surface area contributed by atoms with E-state index in [0.29, 0.717) is 17.4 Å². The Balaban J connectivity index is 1.94. The van der Waals surface area contributed by atoms with Crippen LogP contribution in [0.15, 0.2) is 36.5 Å². The normalized spacial score (nSPS) is 19.0. The van der Waals surface area contributed by atoms with Crippen molar-refractivity contribution in [2.24, 2.45) is 5.92 Å². The molecular formula is C15H15ClN2O. The molecule has 0 saturated carbocycles. The summed E-state index contributed by atoms with van der Waals surface area (Å²) in [7, 11) is 0. The van der Waals surface area contributed by atoms with Gasteiger partial charge in [-0.2, -0.15) is 0 Å². The predicted octanol–water partition coefficient (Wildman–Crippen LogP) is 2.94. The van der Waals surface area contributed by atoms with Gasteiger partial charge >= 0.3 is 0 Å². The Labute approximate surface area is 117 Å². The number of nitrogens with zero attached hydrogens (tertiary/aromatic N) is 2. The van der Waals surface area contributed by atoms with Gasteiger partial charge in [0.2, 0.25) is 0 Å². The molecule has 0 aliphatic carbocycles. The van der Waals surface area contributed by atoms with Crippen LogP contribution in [-0.2, 0) is 0 Å². The average Bonchev–Trinajstić information content (AvgIpc) is 2.95. The summed E-state index contributed by atoms with van der Waals surface area (Å²) in [5, 5.41) is 1.00. The molecule has 3 nitrogen and oxygen atoms in total. The summed E-state index contributed by atoms with van der Waals surface area (Å²) in [5.41, 5.74) is 1.47. The molecule has 1 aliphatic heterocycles. The molecule has 1 aliphatic rings. The quantitative estimate of drug-likeness (QED) is 0.789. The minimum absolute atomic E-state index is 0.0666. The van der Waals surface area contributed by atoms with Crippen LogP contribution in [0.5, 0.6) is 0 Å². The molecule has 0 N–H and O–H groups in total. The molecule has 3 rings (SSSR count). The van der Waals surface area contributed by atoms with Crippen molar-refractivity contribution in [1.29, 1.82) is 0 Å². The number of carbonyl (C=O) groups is 1. The number of benzene rings is 1. The van der Waals surface area contributed by atoms with E-state index in [4.69, 9.17) is 11.6 Å². The van der Waals surface area contributed by atoms with Crippen LogP contribution in [-0.4, -0.2) is 34.8 Å². The standard InChI is InChI=1S/C15H15ClN2O/c16-9-11-6-8-18(10-11)15(19)13-5-1-3-12-4-2-7-17-14(12)13/h1-5,7,11H,6,8-10H2. The summed E-state index contributed by atoms with van der Waals surface area (Å²) >= 11 is 5.87. The maximum atomic E-state index is 12.6. The van der Waals surface area contributed by atoms with E-state index in [0.717, 1.165) is 30.4 Å². The molecule has 1 saturated heterocycles. The van der Waals surface area contributed by atoms with Gasteiger partial charge in [-0.15, -0.1) is 11.6 Å². The van der Waals surface area contributed by atoms with Gasteiger partial charge in [-0.3, -0.25) is 9.78 Å². The fourth-order valence-electron chi connectivity index (χ4n) is 2.59. The van der Waals surface area contributed by atoms with E-state index in [2.05, 4.69) is 4.98 Å². The lowest BCUT2D eigenvalue weighted by Gasteiger charge is -2.17. The van der Waals surface area contributed by atoms with Crippen molar-refractivity contribution < 1.29 is 4.79 Å². The molecule has 98 valence electrons. The topological polar surface area (TPSA) is 33.2 Å². The monoisotopic (exact) mass is 274 g/mol. The summed E-state index contributed by atoms with van der Waals surface area (Å²) in [6.07, 6.45) is 2.72. The van der Waals surface area contributed by atoms with Crippen LogP contribution in [0.1, 0.15) is 16.8 Å². The van der Waals surface area contributed by atoms with Gasteiger partial charge in [0.25, 0.3) is 5.91 Å². The minimum atomic E-state index is 0.0666. The van der Waals surface area contributed by atoms with Crippen molar-refractivity contribution in [1.82, 2.24) is 9.88 Å². The Morgan fingerprint density at radius 1 is 1.37 bits per heavy atom. The Bertz CT molecular complexity index is 609. The maximum Gasteiger partial charge on any atom is 0.256 e. The highest BCUT2D eigenvalue weighted by Gasteiger charge is 2.27. The molecule has 1 fully saturated rings. The third kappa shape index (κ3) is 2.30. The molecule has 0 spiro atoms. The number of hydrogen-bond donors (Lipinski definition) is 0. The number of fused-ring (bicyclic) bond motifs is 1. The zero-order chi connectivity index (χ0) is 13.2. The van der Waals surface area contributed by atoms with Crippen LogP contribution in [0, 0.1) is 5.92 Å². The first kappa shape index (κ1) is 12.4. The van der Waals surface area contributed by atoms with E-state index in [1.807, 2.05) is 35.2 Å². The van der Waals surface area contributed by atoms with Crippen LogP contribution in [0.2, 0.25) is 0 Å². The van der Waals surface area contributed by atoms with E-state index in [-0.39, 0.29) is 5.91 Å². The molecule has 0 bridgehead atoms. The van der Waals surface area contributed by atoms with Crippen molar-refractivity contribution in [2.75, 3.05) is 19.0 Å². The van der Waals surface area contributed by atoms with E-state index in [1.165, 1.54) is 0 Å². The molecule has 1 aromatic heterocycles. The van der Waals surface area contributed by atoms with E-state index in [1.54, 1.807) is 6.20 Å². The molecule has 2 aromatic rings. The second kappa shape index (κ2) is 5.17. The van der Waals surface area contributed by atoms with E-state index < -0.39 is 0 Å². The molecule has 0 radical (unpaired) electrons. The van der Waals surface area contributed by atoms with E-state index in [9.17, 15) is 4.79 Å². The molecule has 4 heteroatoms. The molecule has 1 atom stereocenters. The average molecular weight is 275 g/mol. The van der Waals surface area contributed by atoms with Gasteiger partial charge in [0.05, 0.1) is 11.1 Å². The summed E-state index contributed by atoms with van der Waals surface area (Å²) in [6, 6.07) is 9.60. The summed E-state index contributed by atoms with van der Waals surface area (Å²) in [6.45, 7) is 1.55. The largest absolute Gasteiger partial charge is 0.338 e. The van der Waals surface area contributed by atoms with Gasteiger partial charge in [-0.1, -0.05) is 18.2 Å². The fraction of sp³-hybridized carbons (Fsp3) is 0.333.